The summed E-state index contributed by atoms with van der Waals surface area (Å²) in [6.45, 7) is 6.49. The van der Waals surface area contributed by atoms with Crippen LogP contribution in [0.4, 0.5) is 0 Å². The smallest absolute Gasteiger partial charge is 0.233 e. The first-order valence-corrected chi connectivity index (χ1v) is 10.7. The van der Waals surface area contributed by atoms with E-state index in [2.05, 4.69) is 52.9 Å². The van der Waals surface area contributed by atoms with Gasteiger partial charge in [-0.1, -0.05) is 36.4 Å². The fourth-order valence-electron chi connectivity index (χ4n) is 4.99. The summed E-state index contributed by atoms with van der Waals surface area (Å²) in [5, 5.41) is 6.51. The second-order valence-electron chi connectivity index (χ2n) is 8.19. The number of rotatable bonds is 7. The van der Waals surface area contributed by atoms with E-state index in [9.17, 15) is 9.59 Å². The van der Waals surface area contributed by atoms with Gasteiger partial charge in [0, 0.05) is 26.2 Å². The molecule has 0 aromatic heterocycles. The standard InChI is InChI=1S/C23H30N4O2/c1-3-24-23(25-11-10-16-7-5-4-6-15(16)2)26-12-13-27-21(28)19-17-8-9-18(14-17)20(19)22(27)29/h4-9,17-20H,3,10-14H2,1-2H3,(H2,24,25,26). The minimum Gasteiger partial charge on any atom is -0.357 e. The summed E-state index contributed by atoms with van der Waals surface area (Å²) in [4.78, 5) is 31.6. The molecule has 0 spiro atoms. The lowest BCUT2D eigenvalue weighted by Crippen LogP contribution is -2.43. The highest BCUT2D eigenvalue weighted by Crippen LogP contribution is 2.52. The number of nitrogens with zero attached hydrogens (tertiary/aromatic N) is 2. The number of likely N-dealkylation sites (tertiary alicyclic amines) is 1. The van der Waals surface area contributed by atoms with E-state index < -0.39 is 0 Å². The van der Waals surface area contributed by atoms with Crippen molar-refractivity contribution in [3.63, 3.8) is 0 Å². The van der Waals surface area contributed by atoms with E-state index in [-0.39, 0.29) is 35.5 Å². The minimum absolute atomic E-state index is 0.0140. The van der Waals surface area contributed by atoms with E-state index in [0.717, 1.165) is 25.3 Å². The molecule has 2 aliphatic carbocycles. The average Bonchev–Trinajstić information content (AvgIpc) is 3.39. The van der Waals surface area contributed by atoms with Crippen LogP contribution in [0.3, 0.4) is 0 Å². The molecule has 2 fully saturated rings. The highest BCUT2D eigenvalue weighted by atomic mass is 16.2. The molecule has 1 heterocycles. The van der Waals surface area contributed by atoms with Gasteiger partial charge in [-0.3, -0.25) is 19.5 Å². The minimum atomic E-state index is -0.117. The molecule has 2 amide bonds. The summed E-state index contributed by atoms with van der Waals surface area (Å²) >= 11 is 0. The number of carbonyl (C=O) groups excluding carboxylic acids is 2. The molecule has 1 aromatic rings. The van der Waals surface area contributed by atoms with Crippen molar-refractivity contribution >= 4 is 17.8 Å². The number of guanidine groups is 1. The fourth-order valence-corrected chi connectivity index (χ4v) is 4.99. The van der Waals surface area contributed by atoms with Crippen molar-refractivity contribution in [2.24, 2.45) is 28.7 Å². The monoisotopic (exact) mass is 394 g/mol. The van der Waals surface area contributed by atoms with Crippen molar-refractivity contribution in [1.82, 2.24) is 15.5 Å². The van der Waals surface area contributed by atoms with E-state index in [4.69, 9.17) is 0 Å². The van der Waals surface area contributed by atoms with Crippen LogP contribution in [0.15, 0.2) is 41.4 Å². The van der Waals surface area contributed by atoms with Crippen LogP contribution < -0.4 is 10.6 Å². The van der Waals surface area contributed by atoms with Gasteiger partial charge in [-0.05, 0) is 49.7 Å². The van der Waals surface area contributed by atoms with Gasteiger partial charge < -0.3 is 10.6 Å². The third kappa shape index (κ3) is 3.80. The molecule has 1 saturated carbocycles. The maximum atomic E-state index is 12.7. The van der Waals surface area contributed by atoms with Crippen LogP contribution in [0.25, 0.3) is 0 Å². The summed E-state index contributed by atoms with van der Waals surface area (Å²) in [5.74, 6) is 1.05. The fraction of sp³-hybridized carbons (Fsp3) is 0.522. The molecule has 1 aromatic carbocycles. The number of imide groups is 1. The number of benzene rings is 1. The SMILES string of the molecule is CCNC(=NCCc1ccccc1C)NCCN1C(=O)C2C3C=CC(C3)C2C1=O. The molecule has 0 radical (unpaired) electrons. The zero-order valence-electron chi connectivity index (χ0n) is 17.2. The Morgan fingerprint density at radius 3 is 2.45 bits per heavy atom. The first-order valence-electron chi connectivity index (χ1n) is 10.7. The Kier molecular flexibility index (Phi) is 5.69. The molecule has 4 rings (SSSR count). The van der Waals surface area contributed by atoms with Crippen LogP contribution in [0.1, 0.15) is 24.5 Å². The van der Waals surface area contributed by atoms with Gasteiger partial charge in [0.15, 0.2) is 5.96 Å². The van der Waals surface area contributed by atoms with E-state index in [1.165, 1.54) is 16.0 Å². The van der Waals surface area contributed by atoms with Crippen molar-refractivity contribution in [2.75, 3.05) is 26.2 Å². The number of fused-ring (bicyclic) bond motifs is 5. The van der Waals surface area contributed by atoms with Crippen molar-refractivity contribution in [3.05, 3.63) is 47.5 Å². The van der Waals surface area contributed by atoms with E-state index >= 15 is 0 Å². The number of nitrogens with one attached hydrogen (secondary N) is 2. The Bertz CT molecular complexity index is 817. The molecule has 6 nitrogen and oxygen atoms in total. The maximum absolute atomic E-state index is 12.7. The molecule has 3 aliphatic rings. The number of aliphatic imine (C=N–C) groups is 1. The Morgan fingerprint density at radius 1 is 1.10 bits per heavy atom. The van der Waals surface area contributed by atoms with Gasteiger partial charge in [-0.25, -0.2) is 0 Å². The normalized spacial score (nSPS) is 27.7. The van der Waals surface area contributed by atoms with E-state index in [1.807, 2.05) is 13.0 Å². The molecule has 4 unspecified atom stereocenters. The molecule has 2 N–H and O–H groups in total. The topological polar surface area (TPSA) is 73.8 Å². The van der Waals surface area contributed by atoms with E-state index in [0.29, 0.717) is 19.6 Å². The van der Waals surface area contributed by atoms with Crippen molar-refractivity contribution in [2.45, 2.75) is 26.7 Å². The van der Waals surface area contributed by atoms with Gasteiger partial charge in [0.2, 0.25) is 11.8 Å². The van der Waals surface area contributed by atoms with Crippen molar-refractivity contribution in [3.8, 4) is 0 Å². The number of allylic oxidation sites excluding steroid dienone is 2. The molecule has 1 aliphatic heterocycles. The second-order valence-corrected chi connectivity index (χ2v) is 8.19. The third-order valence-electron chi connectivity index (χ3n) is 6.45. The Morgan fingerprint density at radius 2 is 1.79 bits per heavy atom. The molecular formula is C23H30N4O2. The van der Waals surface area contributed by atoms with Crippen LogP contribution in [0, 0.1) is 30.6 Å². The molecule has 4 atom stereocenters. The highest BCUT2D eigenvalue weighted by Gasteiger charge is 2.58. The molecular weight excluding hydrogens is 364 g/mol. The van der Waals surface area contributed by atoms with Crippen LogP contribution >= 0.6 is 0 Å². The third-order valence-corrected chi connectivity index (χ3v) is 6.45. The predicted octanol–water partition coefficient (Wildman–Crippen LogP) is 1.90. The van der Waals surface area contributed by atoms with Gasteiger partial charge in [0.05, 0.1) is 11.8 Å². The van der Waals surface area contributed by atoms with Gasteiger partial charge in [0.1, 0.15) is 0 Å². The van der Waals surface area contributed by atoms with Gasteiger partial charge >= 0.3 is 0 Å². The lowest BCUT2D eigenvalue weighted by molar-refractivity contribution is -0.140. The first-order chi connectivity index (χ1) is 14.1. The van der Waals surface area contributed by atoms with Gasteiger partial charge in [-0.2, -0.15) is 0 Å². The number of aryl methyl sites for hydroxylation is 1. The Balaban J connectivity index is 1.29. The first kappa shape index (κ1) is 19.7. The predicted molar refractivity (Wildman–Crippen MR) is 113 cm³/mol. The number of carbonyl (C=O) groups is 2. The second kappa shape index (κ2) is 8.39. The molecule has 6 heteroatoms. The molecule has 1 saturated heterocycles. The quantitative estimate of drug-likeness (QED) is 0.321. The number of hydrogen-bond acceptors (Lipinski definition) is 3. The summed E-state index contributed by atoms with van der Waals surface area (Å²) in [6, 6.07) is 8.35. The largest absolute Gasteiger partial charge is 0.357 e. The summed E-state index contributed by atoms with van der Waals surface area (Å²) < 4.78 is 0. The summed E-state index contributed by atoms with van der Waals surface area (Å²) in [6.07, 6.45) is 6.11. The molecule has 2 bridgehead atoms. The Hall–Kier alpha value is -2.63. The van der Waals surface area contributed by atoms with Crippen LogP contribution in [0.2, 0.25) is 0 Å². The molecule has 154 valence electrons. The lowest BCUT2D eigenvalue weighted by atomic mass is 9.85. The van der Waals surface area contributed by atoms with Gasteiger partial charge in [-0.15, -0.1) is 0 Å². The van der Waals surface area contributed by atoms with E-state index in [1.54, 1.807) is 0 Å². The van der Waals surface area contributed by atoms with Crippen LogP contribution in [-0.4, -0.2) is 48.9 Å². The van der Waals surface area contributed by atoms with Gasteiger partial charge in [0.25, 0.3) is 0 Å². The summed E-state index contributed by atoms with van der Waals surface area (Å²) in [7, 11) is 0. The van der Waals surface area contributed by atoms with Crippen molar-refractivity contribution in [1.29, 1.82) is 0 Å². The molecule has 29 heavy (non-hydrogen) atoms. The average molecular weight is 395 g/mol. The Labute approximate surface area is 172 Å². The zero-order valence-corrected chi connectivity index (χ0v) is 17.2. The number of amides is 2. The zero-order chi connectivity index (χ0) is 20.4. The van der Waals surface area contributed by atoms with Crippen LogP contribution in [-0.2, 0) is 16.0 Å². The highest BCUT2D eigenvalue weighted by molar-refractivity contribution is 6.06. The lowest BCUT2D eigenvalue weighted by Gasteiger charge is -2.18. The van der Waals surface area contributed by atoms with Crippen LogP contribution in [0.5, 0.6) is 0 Å². The number of hydrogen-bond donors (Lipinski definition) is 2. The van der Waals surface area contributed by atoms with Crippen molar-refractivity contribution < 1.29 is 9.59 Å². The maximum Gasteiger partial charge on any atom is 0.233 e. The summed E-state index contributed by atoms with van der Waals surface area (Å²) in [5.41, 5.74) is 2.58.